The van der Waals surface area contributed by atoms with E-state index in [4.69, 9.17) is 10.4 Å². The van der Waals surface area contributed by atoms with Crippen molar-refractivity contribution < 1.29 is 28.3 Å². The van der Waals surface area contributed by atoms with Gasteiger partial charge in [0.05, 0.1) is 12.7 Å². The molecule has 2 N–H and O–H groups in total. The zero-order chi connectivity index (χ0) is 11.6. The third kappa shape index (κ3) is 2.51. The monoisotopic (exact) mass is 223 g/mol. The van der Waals surface area contributed by atoms with Crippen molar-refractivity contribution in [2.45, 2.75) is 6.18 Å². The topological polar surface area (TPSA) is 52.9 Å². The van der Waals surface area contributed by atoms with E-state index in [1.54, 1.807) is 0 Å². The normalized spacial score (nSPS) is 11.3. The first-order chi connectivity index (χ1) is 6.86. The number of ether oxygens (including phenoxy) is 1. The van der Waals surface area contributed by atoms with E-state index < -0.39 is 22.7 Å². The molecule has 0 saturated heterocycles. The Balaban J connectivity index is 3.29. The summed E-state index contributed by atoms with van der Waals surface area (Å²) in [5, 5.41) is 16.6. The van der Waals surface area contributed by atoms with E-state index in [0.717, 1.165) is 6.07 Å². The predicted octanol–water partition coefficient (Wildman–Crippen LogP) is 2.30. The molecule has 0 aromatic heterocycles. The van der Waals surface area contributed by atoms with Crippen molar-refractivity contribution in [3.63, 3.8) is 0 Å². The van der Waals surface area contributed by atoms with Crippen molar-refractivity contribution in [2.24, 2.45) is 0 Å². The highest BCUT2D eigenvalue weighted by Crippen LogP contribution is 2.37. The van der Waals surface area contributed by atoms with Gasteiger partial charge in [-0.2, -0.15) is 13.2 Å². The Hall–Kier alpha value is -1.47. The average molecular weight is 223 g/mol. The predicted molar refractivity (Wildman–Crippen MR) is 44.0 cm³/mol. The SMILES string of the molecule is COc1ccc(N(O)O)c(C(F)(F)F)c1. The zero-order valence-corrected chi connectivity index (χ0v) is 7.62. The fourth-order valence-corrected chi connectivity index (χ4v) is 1.04. The molecule has 0 bridgehead atoms. The quantitative estimate of drug-likeness (QED) is 0.755. The molecule has 0 heterocycles. The van der Waals surface area contributed by atoms with E-state index in [1.807, 2.05) is 0 Å². The van der Waals surface area contributed by atoms with Gasteiger partial charge in [-0.3, -0.25) is 10.4 Å². The molecule has 0 atom stereocenters. The highest BCUT2D eigenvalue weighted by atomic mass is 19.4. The number of nitrogens with zero attached hydrogens (tertiary/aromatic N) is 1. The van der Waals surface area contributed by atoms with E-state index in [-0.39, 0.29) is 5.75 Å². The number of rotatable bonds is 2. The average Bonchev–Trinajstić information content (AvgIpc) is 2.15. The fourth-order valence-electron chi connectivity index (χ4n) is 1.04. The summed E-state index contributed by atoms with van der Waals surface area (Å²) in [7, 11) is 1.21. The first-order valence-electron chi connectivity index (χ1n) is 3.79. The maximum absolute atomic E-state index is 12.4. The van der Waals surface area contributed by atoms with E-state index >= 15 is 0 Å². The number of alkyl halides is 3. The molecule has 0 saturated carbocycles. The van der Waals surface area contributed by atoms with Crippen LogP contribution in [0.25, 0.3) is 0 Å². The molecule has 0 spiro atoms. The fraction of sp³-hybridized carbons (Fsp3) is 0.250. The van der Waals surface area contributed by atoms with Gasteiger partial charge in [-0.1, -0.05) is 0 Å². The first-order valence-corrected chi connectivity index (χ1v) is 3.79. The second-order valence-electron chi connectivity index (χ2n) is 2.67. The highest BCUT2D eigenvalue weighted by molar-refractivity contribution is 5.54. The van der Waals surface area contributed by atoms with E-state index in [0.29, 0.717) is 6.07 Å². The number of halogens is 3. The third-order valence-corrected chi connectivity index (χ3v) is 1.72. The maximum Gasteiger partial charge on any atom is 0.418 e. The molecule has 15 heavy (non-hydrogen) atoms. The molecule has 0 radical (unpaired) electrons. The summed E-state index contributed by atoms with van der Waals surface area (Å²) in [4.78, 5) is 0. The summed E-state index contributed by atoms with van der Waals surface area (Å²) in [6.07, 6.45) is -4.69. The van der Waals surface area contributed by atoms with Gasteiger partial charge in [0.2, 0.25) is 0 Å². The van der Waals surface area contributed by atoms with Crippen LogP contribution in [-0.2, 0) is 6.18 Å². The largest absolute Gasteiger partial charge is 0.497 e. The Labute approximate surface area is 83.0 Å². The molecule has 4 nitrogen and oxygen atoms in total. The number of hydrogen-bond donors (Lipinski definition) is 2. The van der Waals surface area contributed by atoms with Crippen LogP contribution in [0.15, 0.2) is 18.2 Å². The van der Waals surface area contributed by atoms with Crippen LogP contribution in [0.3, 0.4) is 0 Å². The molecule has 0 aliphatic rings. The minimum Gasteiger partial charge on any atom is -0.497 e. The van der Waals surface area contributed by atoms with Gasteiger partial charge in [-0.05, 0) is 18.2 Å². The lowest BCUT2D eigenvalue weighted by Crippen LogP contribution is -2.17. The summed E-state index contributed by atoms with van der Waals surface area (Å²) < 4.78 is 41.9. The lowest BCUT2D eigenvalue weighted by Gasteiger charge is -2.16. The molecule has 0 unspecified atom stereocenters. The molecule has 1 aromatic rings. The molecule has 0 aliphatic heterocycles. The number of methoxy groups -OCH3 is 1. The van der Waals surface area contributed by atoms with E-state index in [9.17, 15) is 13.2 Å². The molecule has 0 amide bonds. The number of hydrogen-bond acceptors (Lipinski definition) is 4. The van der Waals surface area contributed by atoms with Crippen LogP contribution >= 0.6 is 0 Å². The van der Waals surface area contributed by atoms with Crippen LogP contribution in [0.5, 0.6) is 5.75 Å². The van der Waals surface area contributed by atoms with Crippen LogP contribution in [0.2, 0.25) is 0 Å². The zero-order valence-electron chi connectivity index (χ0n) is 7.62. The van der Waals surface area contributed by atoms with Crippen LogP contribution in [0.4, 0.5) is 18.9 Å². The number of anilines is 1. The first kappa shape index (κ1) is 11.6. The van der Waals surface area contributed by atoms with Crippen molar-refractivity contribution in [1.82, 2.24) is 0 Å². The van der Waals surface area contributed by atoms with Crippen molar-refractivity contribution in [3.8, 4) is 5.75 Å². The second kappa shape index (κ2) is 3.95. The Morgan fingerprint density at radius 3 is 2.27 bits per heavy atom. The number of benzene rings is 1. The van der Waals surface area contributed by atoms with Crippen LogP contribution in [0, 0.1) is 0 Å². The molecule has 1 aromatic carbocycles. The minimum absolute atomic E-state index is 0.0204. The standard InChI is InChI=1S/C8H8F3NO3/c1-15-5-2-3-7(12(13)14)6(4-5)8(9,10)11/h2-4,13-14H,1H3. The summed E-state index contributed by atoms with van der Waals surface area (Å²) in [5.41, 5.74) is -1.95. The highest BCUT2D eigenvalue weighted by Gasteiger charge is 2.35. The van der Waals surface area contributed by atoms with Gasteiger partial charge < -0.3 is 4.74 Å². The van der Waals surface area contributed by atoms with Gasteiger partial charge in [-0.15, -0.1) is 5.23 Å². The van der Waals surface area contributed by atoms with Crippen molar-refractivity contribution in [3.05, 3.63) is 23.8 Å². The van der Waals surface area contributed by atoms with Gasteiger partial charge in [0, 0.05) is 0 Å². The Morgan fingerprint density at radius 2 is 1.87 bits per heavy atom. The molecular weight excluding hydrogens is 215 g/mol. The van der Waals surface area contributed by atoms with E-state index in [2.05, 4.69) is 4.74 Å². The molecule has 0 fully saturated rings. The summed E-state index contributed by atoms with van der Waals surface area (Å²) in [5.74, 6) is -0.0204. The minimum atomic E-state index is -4.69. The third-order valence-electron chi connectivity index (χ3n) is 1.72. The lowest BCUT2D eigenvalue weighted by atomic mass is 10.1. The van der Waals surface area contributed by atoms with Crippen LogP contribution in [-0.4, -0.2) is 17.5 Å². The maximum atomic E-state index is 12.4. The second-order valence-corrected chi connectivity index (χ2v) is 2.67. The van der Waals surface area contributed by atoms with Crippen LogP contribution in [0.1, 0.15) is 5.56 Å². The van der Waals surface area contributed by atoms with Crippen molar-refractivity contribution in [2.75, 3.05) is 12.3 Å². The van der Waals surface area contributed by atoms with Crippen LogP contribution < -0.4 is 9.96 Å². The van der Waals surface area contributed by atoms with Crippen molar-refractivity contribution in [1.29, 1.82) is 0 Å². The van der Waals surface area contributed by atoms with E-state index in [1.165, 1.54) is 13.2 Å². The molecule has 84 valence electrons. The summed E-state index contributed by atoms with van der Waals surface area (Å²) in [6.45, 7) is 0. The van der Waals surface area contributed by atoms with Gasteiger partial charge in [-0.25, -0.2) is 0 Å². The molecule has 0 aliphatic carbocycles. The van der Waals surface area contributed by atoms with Gasteiger partial charge in [0.25, 0.3) is 0 Å². The summed E-state index contributed by atoms with van der Waals surface area (Å²) in [6, 6.07) is 2.75. The molecular formula is C8H8F3NO3. The molecule has 7 heteroatoms. The van der Waals surface area contributed by atoms with Gasteiger partial charge in [0.15, 0.2) is 0 Å². The smallest absolute Gasteiger partial charge is 0.418 e. The van der Waals surface area contributed by atoms with Crippen molar-refractivity contribution >= 4 is 5.69 Å². The summed E-state index contributed by atoms with van der Waals surface area (Å²) >= 11 is 0. The Bertz CT molecular complexity index is 351. The molecule has 1 rings (SSSR count). The Kier molecular flexibility index (Phi) is 3.06. The van der Waals surface area contributed by atoms with Gasteiger partial charge >= 0.3 is 6.18 Å². The Morgan fingerprint density at radius 1 is 1.27 bits per heavy atom. The lowest BCUT2D eigenvalue weighted by molar-refractivity contribution is -0.138. The van der Waals surface area contributed by atoms with Gasteiger partial charge in [0.1, 0.15) is 11.4 Å².